The van der Waals surface area contributed by atoms with E-state index in [1.807, 2.05) is 41.6 Å². The lowest BCUT2D eigenvalue weighted by Crippen LogP contribution is -2.23. The first-order chi connectivity index (χ1) is 10.8. The number of nitrogens with zero attached hydrogens (tertiary/aromatic N) is 1. The number of hydrogen-bond acceptors (Lipinski definition) is 4. The molecule has 0 radical (unpaired) electrons. The number of methoxy groups -OCH3 is 1. The van der Waals surface area contributed by atoms with Crippen molar-refractivity contribution in [3.05, 3.63) is 69.6 Å². The lowest BCUT2D eigenvalue weighted by atomic mass is 10.1. The molecule has 2 rings (SSSR count). The van der Waals surface area contributed by atoms with E-state index in [1.165, 1.54) is 25.4 Å². The van der Waals surface area contributed by atoms with Gasteiger partial charge < -0.3 is 4.74 Å². The second-order valence-corrected chi connectivity index (χ2v) is 8.12. The molecule has 0 amide bonds. The number of carbonyl (C=O) groups is 1. The van der Waals surface area contributed by atoms with E-state index in [1.54, 1.807) is 12.1 Å². The summed E-state index contributed by atoms with van der Waals surface area (Å²) in [6.07, 6.45) is 2.75. The summed E-state index contributed by atoms with van der Waals surface area (Å²) in [6.45, 7) is 5.56. The number of aryl methyl sites for hydroxylation is 1. The minimum absolute atomic E-state index is 0.0316. The van der Waals surface area contributed by atoms with E-state index in [9.17, 15) is 13.2 Å². The van der Waals surface area contributed by atoms with Crippen molar-refractivity contribution in [1.29, 1.82) is 0 Å². The van der Waals surface area contributed by atoms with Gasteiger partial charge in [-0.05, 0) is 41.1 Å². The summed E-state index contributed by atoms with van der Waals surface area (Å²) < 4.78 is 32.2. The first kappa shape index (κ1) is 17.7. The Balaban J connectivity index is 2.58. The van der Waals surface area contributed by atoms with Gasteiger partial charge in [-0.1, -0.05) is 35.9 Å². The standard InChI is InChI=1S/C16H16INO4S/c1-4-15(12-7-5-11(2)6-8-12)23(20,21)18-10-13(17)9-14(18)16(19)22-3/h4-10,15H,1H2,2-3H3. The van der Waals surface area contributed by atoms with Crippen LogP contribution in [0.2, 0.25) is 0 Å². The molecule has 1 aromatic carbocycles. The third kappa shape index (κ3) is 3.50. The monoisotopic (exact) mass is 445 g/mol. The van der Waals surface area contributed by atoms with Gasteiger partial charge in [0.25, 0.3) is 0 Å². The Morgan fingerprint density at radius 3 is 2.48 bits per heavy atom. The van der Waals surface area contributed by atoms with Crippen LogP contribution in [0.3, 0.4) is 0 Å². The highest BCUT2D eigenvalue weighted by Crippen LogP contribution is 2.28. The van der Waals surface area contributed by atoms with Crippen LogP contribution in [0.15, 0.2) is 49.2 Å². The maximum Gasteiger partial charge on any atom is 0.355 e. The molecule has 1 aromatic heterocycles. The lowest BCUT2D eigenvalue weighted by Gasteiger charge is -2.17. The van der Waals surface area contributed by atoms with Crippen molar-refractivity contribution in [2.45, 2.75) is 12.2 Å². The quantitative estimate of drug-likeness (QED) is 0.403. The average Bonchev–Trinajstić information content (AvgIpc) is 2.92. The Hall–Kier alpha value is -1.61. The van der Waals surface area contributed by atoms with Crippen molar-refractivity contribution < 1.29 is 17.9 Å². The first-order valence-corrected chi connectivity index (χ1v) is 9.29. The molecular weight excluding hydrogens is 429 g/mol. The molecule has 1 atom stereocenters. The van der Waals surface area contributed by atoms with Gasteiger partial charge in [0.05, 0.1) is 7.11 Å². The van der Waals surface area contributed by atoms with Gasteiger partial charge >= 0.3 is 5.97 Å². The fourth-order valence-electron chi connectivity index (χ4n) is 2.19. The molecule has 1 heterocycles. The maximum absolute atomic E-state index is 13.0. The Morgan fingerprint density at radius 2 is 1.96 bits per heavy atom. The van der Waals surface area contributed by atoms with E-state index in [4.69, 9.17) is 0 Å². The number of halogens is 1. The van der Waals surface area contributed by atoms with Crippen molar-refractivity contribution in [2.75, 3.05) is 7.11 Å². The summed E-state index contributed by atoms with van der Waals surface area (Å²) in [4.78, 5) is 11.8. The fraction of sp³-hybridized carbons (Fsp3) is 0.188. The van der Waals surface area contributed by atoms with Gasteiger partial charge in [-0.15, -0.1) is 6.58 Å². The molecule has 0 saturated carbocycles. The molecule has 0 N–H and O–H groups in total. The average molecular weight is 445 g/mol. The van der Waals surface area contributed by atoms with Gasteiger partial charge in [0.15, 0.2) is 0 Å². The van der Waals surface area contributed by atoms with E-state index in [0.717, 1.165) is 9.54 Å². The zero-order valence-electron chi connectivity index (χ0n) is 12.7. The minimum atomic E-state index is -3.89. The molecule has 1 unspecified atom stereocenters. The highest BCUT2D eigenvalue weighted by Gasteiger charge is 2.30. The predicted molar refractivity (Wildman–Crippen MR) is 96.9 cm³/mol. The van der Waals surface area contributed by atoms with Gasteiger partial charge in [-0.25, -0.2) is 17.2 Å². The molecule has 7 heteroatoms. The number of hydrogen-bond donors (Lipinski definition) is 0. The van der Waals surface area contributed by atoms with E-state index >= 15 is 0 Å². The molecule has 2 aromatic rings. The van der Waals surface area contributed by atoms with Crippen LogP contribution >= 0.6 is 22.6 Å². The third-order valence-corrected chi connectivity index (χ3v) is 5.91. The van der Waals surface area contributed by atoms with Crippen molar-refractivity contribution >= 4 is 38.6 Å². The molecule has 0 fully saturated rings. The van der Waals surface area contributed by atoms with Crippen LogP contribution in [-0.2, 0) is 14.8 Å². The van der Waals surface area contributed by atoms with E-state index in [2.05, 4.69) is 11.3 Å². The maximum atomic E-state index is 13.0. The van der Waals surface area contributed by atoms with Crippen LogP contribution in [0.4, 0.5) is 0 Å². The summed E-state index contributed by atoms with van der Waals surface area (Å²) in [5.74, 6) is -0.705. The predicted octanol–water partition coefficient (Wildman–Crippen LogP) is 3.29. The van der Waals surface area contributed by atoms with Crippen LogP contribution in [0.1, 0.15) is 26.9 Å². The second kappa shape index (κ2) is 6.88. The molecule has 122 valence electrons. The Kier molecular flexibility index (Phi) is 5.30. The highest BCUT2D eigenvalue weighted by atomic mass is 127. The number of aromatic nitrogens is 1. The largest absolute Gasteiger partial charge is 0.464 e. The van der Waals surface area contributed by atoms with Crippen LogP contribution in [-0.4, -0.2) is 25.5 Å². The van der Waals surface area contributed by atoms with Crippen molar-refractivity contribution in [3.8, 4) is 0 Å². The topological polar surface area (TPSA) is 65.4 Å². The molecule has 0 aliphatic rings. The summed E-state index contributed by atoms with van der Waals surface area (Å²) in [7, 11) is -2.68. The molecule has 0 saturated heterocycles. The number of carbonyl (C=O) groups excluding carboxylic acids is 1. The first-order valence-electron chi connectivity index (χ1n) is 6.71. The number of esters is 1. The molecule has 0 aliphatic heterocycles. The molecule has 23 heavy (non-hydrogen) atoms. The smallest absolute Gasteiger partial charge is 0.355 e. The molecule has 0 spiro atoms. The van der Waals surface area contributed by atoms with Crippen LogP contribution in [0.25, 0.3) is 0 Å². The number of ether oxygens (including phenoxy) is 1. The minimum Gasteiger partial charge on any atom is -0.464 e. The summed E-state index contributed by atoms with van der Waals surface area (Å²) in [6, 6.07) is 8.63. The third-order valence-electron chi connectivity index (χ3n) is 3.36. The Labute approximate surface area is 149 Å². The Morgan fingerprint density at radius 1 is 1.35 bits per heavy atom. The van der Waals surface area contributed by atoms with Gasteiger partial charge in [0.1, 0.15) is 10.9 Å². The van der Waals surface area contributed by atoms with E-state index in [0.29, 0.717) is 9.13 Å². The van der Waals surface area contributed by atoms with Gasteiger partial charge in [-0.2, -0.15) is 0 Å². The van der Waals surface area contributed by atoms with E-state index in [-0.39, 0.29) is 5.69 Å². The van der Waals surface area contributed by atoms with Crippen molar-refractivity contribution in [3.63, 3.8) is 0 Å². The van der Waals surface area contributed by atoms with E-state index < -0.39 is 21.2 Å². The van der Waals surface area contributed by atoms with Crippen molar-refractivity contribution in [1.82, 2.24) is 3.97 Å². The molecule has 0 aliphatic carbocycles. The summed E-state index contributed by atoms with van der Waals surface area (Å²) >= 11 is 1.95. The van der Waals surface area contributed by atoms with Gasteiger partial charge in [0, 0.05) is 9.77 Å². The zero-order valence-corrected chi connectivity index (χ0v) is 15.7. The van der Waals surface area contributed by atoms with Crippen LogP contribution in [0.5, 0.6) is 0 Å². The van der Waals surface area contributed by atoms with Crippen LogP contribution in [0, 0.1) is 10.5 Å². The molecule has 5 nitrogen and oxygen atoms in total. The van der Waals surface area contributed by atoms with Gasteiger partial charge in [0.2, 0.25) is 10.0 Å². The summed E-state index contributed by atoms with van der Waals surface area (Å²) in [5.41, 5.74) is 1.58. The Bertz CT molecular complexity index is 837. The fourth-order valence-corrected chi connectivity index (χ4v) is 4.60. The number of benzene rings is 1. The molecule has 0 bridgehead atoms. The highest BCUT2D eigenvalue weighted by molar-refractivity contribution is 14.1. The summed E-state index contributed by atoms with van der Waals surface area (Å²) in [5, 5.41) is -0.963. The molecular formula is C16H16INO4S. The second-order valence-electron chi connectivity index (χ2n) is 4.94. The number of rotatable bonds is 5. The zero-order chi connectivity index (χ0) is 17.2. The lowest BCUT2D eigenvalue weighted by molar-refractivity contribution is 0.0592. The SMILES string of the molecule is C=CC(c1ccc(C)cc1)S(=O)(=O)n1cc(I)cc1C(=O)OC. The normalized spacial score (nSPS) is 12.7. The van der Waals surface area contributed by atoms with Crippen LogP contribution < -0.4 is 0 Å². The van der Waals surface area contributed by atoms with Gasteiger partial charge in [-0.3, -0.25) is 0 Å². The van der Waals surface area contributed by atoms with Crippen molar-refractivity contribution in [2.24, 2.45) is 0 Å².